The molecule has 208 valence electrons. The van der Waals surface area contributed by atoms with Crippen LogP contribution in [0.3, 0.4) is 0 Å². The molecule has 1 aliphatic heterocycles. The quantitative estimate of drug-likeness (QED) is 0.215. The number of allylic oxidation sites excluding steroid dienone is 2. The maximum atomic E-state index is 6.39. The van der Waals surface area contributed by atoms with Crippen LogP contribution in [0.15, 0.2) is 152 Å². The van der Waals surface area contributed by atoms with Gasteiger partial charge in [0.05, 0.1) is 5.92 Å². The van der Waals surface area contributed by atoms with Crippen LogP contribution in [0.25, 0.3) is 28.1 Å². The first-order valence-electron chi connectivity index (χ1n) is 15.0. The van der Waals surface area contributed by atoms with Gasteiger partial charge in [0.25, 0.3) is 0 Å². The summed E-state index contributed by atoms with van der Waals surface area (Å²) in [7, 11) is 0. The van der Waals surface area contributed by atoms with Crippen LogP contribution in [0.2, 0.25) is 0 Å². The van der Waals surface area contributed by atoms with Crippen molar-refractivity contribution in [3.63, 3.8) is 0 Å². The fourth-order valence-electron chi connectivity index (χ4n) is 7.31. The number of hydrogen-bond donors (Lipinski definition) is 0. The van der Waals surface area contributed by atoms with E-state index in [0.29, 0.717) is 17.5 Å². The Morgan fingerprint density at radius 1 is 0.568 bits per heavy atom. The van der Waals surface area contributed by atoms with Crippen molar-refractivity contribution in [3.8, 4) is 28.3 Å². The van der Waals surface area contributed by atoms with Gasteiger partial charge in [0.1, 0.15) is 17.3 Å². The van der Waals surface area contributed by atoms with Crippen molar-refractivity contribution in [2.45, 2.75) is 17.4 Å². The Morgan fingerprint density at radius 2 is 1.18 bits per heavy atom. The summed E-state index contributed by atoms with van der Waals surface area (Å²) in [6.07, 6.45) is 6.24. The van der Waals surface area contributed by atoms with E-state index in [2.05, 4.69) is 121 Å². The molecule has 6 aromatic rings. The zero-order valence-corrected chi connectivity index (χ0v) is 23.8. The molecule has 0 amide bonds. The fraction of sp³-hybridized carbons (Fsp3) is 0.0750. The second-order valence-corrected chi connectivity index (χ2v) is 11.5. The minimum atomic E-state index is -0.732. The van der Waals surface area contributed by atoms with Crippen LogP contribution in [-0.4, -0.2) is 21.1 Å². The van der Waals surface area contributed by atoms with Gasteiger partial charge in [-0.15, -0.1) is 0 Å². The molecule has 2 unspecified atom stereocenters. The third kappa shape index (κ3) is 3.54. The van der Waals surface area contributed by atoms with Crippen molar-refractivity contribution < 1.29 is 4.74 Å². The maximum Gasteiger partial charge on any atom is 0.163 e. The van der Waals surface area contributed by atoms with Gasteiger partial charge in [-0.2, -0.15) is 0 Å². The van der Waals surface area contributed by atoms with Crippen molar-refractivity contribution in [1.29, 1.82) is 0 Å². The third-order valence-corrected chi connectivity index (χ3v) is 9.18. The Kier molecular flexibility index (Phi) is 5.51. The van der Waals surface area contributed by atoms with E-state index in [4.69, 9.17) is 19.7 Å². The Bertz CT molecular complexity index is 2070. The lowest BCUT2D eigenvalue weighted by Crippen LogP contribution is -2.32. The van der Waals surface area contributed by atoms with Gasteiger partial charge >= 0.3 is 0 Å². The molecular formula is C40H27N3O. The first kappa shape index (κ1) is 24.9. The molecule has 0 bridgehead atoms. The molecule has 5 aromatic carbocycles. The lowest BCUT2D eigenvalue weighted by Gasteiger charge is -2.32. The molecule has 2 heterocycles. The molecule has 0 saturated heterocycles. The highest BCUT2D eigenvalue weighted by Crippen LogP contribution is 2.55. The van der Waals surface area contributed by atoms with Crippen molar-refractivity contribution in [2.24, 2.45) is 0 Å². The second kappa shape index (κ2) is 9.72. The first-order chi connectivity index (χ1) is 21.8. The van der Waals surface area contributed by atoms with E-state index in [1.165, 1.54) is 22.3 Å². The van der Waals surface area contributed by atoms with Crippen LogP contribution < -0.4 is 4.74 Å². The van der Waals surface area contributed by atoms with Crippen LogP contribution in [0.5, 0.6) is 5.75 Å². The zero-order valence-electron chi connectivity index (χ0n) is 23.8. The average molecular weight is 566 g/mol. The number of aromatic nitrogens is 3. The second-order valence-electron chi connectivity index (χ2n) is 11.5. The maximum absolute atomic E-state index is 6.39. The highest BCUT2D eigenvalue weighted by Gasteiger charge is 2.49. The van der Waals surface area contributed by atoms with Crippen molar-refractivity contribution >= 4 is 5.57 Å². The predicted molar refractivity (Wildman–Crippen MR) is 173 cm³/mol. The smallest absolute Gasteiger partial charge is 0.163 e. The molecule has 2 atom stereocenters. The van der Waals surface area contributed by atoms with E-state index in [0.717, 1.165) is 28.0 Å². The van der Waals surface area contributed by atoms with Gasteiger partial charge in [-0.05, 0) is 40.0 Å². The van der Waals surface area contributed by atoms with Gasteiger partial charge < -0.3 is 4.74 Å². The van der Waals surface area contributed by atoms with E-state index in [1.807, 2.05) is 30.3 Å². The number of nitrogens with zero attached hydrogens (tertiary/aromatic N) is 3. The largest absolute Gasteiger partial charge is 0.485 e. The highest BCUT2D eigenvalue weighted by atomic mass is 16.5. The van der Waals surface area contributed by atoms with Gasteiger partial charge in [0, 0.05) is 16.7 Å². The standard InChI is InChI=1S/C40H27N3O/c1-3-14-26(15-4-1)37-41-38(31-21-13-25-35-36(31)30-20-9-12-24-34(30)44-35)43-39(42-37)40(27-16-5-2-6-17-27)32-22-10-7-18-28(32)29-19-8-11-23-33(29)40/h1-25,35-36H. The predicted octanol–water partition coefficient (Wildman–Crippen LogP) is 8.40. The van der Waals surface area contributed by atoms with E-state index < -0.39 is 5.41 Å². The van der Waals surface area contributed by atoms with E-state index in [9.17, 15) is 0 Å². The lowest BCUT2D eigenvalue weighted by molar-refractivity contribution is 0.271. The van der Waals surface area contributed by atoms with Gasteiger partial charge in [0.2, 0.25) is 0 Å². The third-order valence-electron chi connectivity index (χ3n) is 9.18. The molecule has 0 N–H and O–H groups in total. The Hall–Kier alpha value is -5.61. The molecule has 2 aliphatic carbocycles. The van der Waals surface area contributed by atoms with Crippen LogP contribution in [0, 0.1) is 0 Å². The van der Waals surface area contributed by atoms with E-state index >= 15 is 0 Å². The summed E-state index contributed by atoms with van der Waals surface area (Å²) in [6.45, 7) is 0. The van der Waals surface area contributed by atoms with E-state index in [1.54, 1.807) is 0 Å². The summed E-state index contributed by atoms with van der Waals surface area (Å²) < 4.78 is 6.39. The molecule has 0 spiro atoms. The molecule has 0 saturated carbocycles. The minimum absolute atomic E-state index is 0.00843. The number of rotatable bonds is 4. The Labute approximate surface area is 256 Å². The van der Waals surface area contributed by atoms with Gasteiger partial charge in [-0.3, -0.25) is 0 Å². The van der Waals surface area contributed by atoms with Crippen LogP contribution in [0.4, 0.5) is 0 Å². The summed E-state index contributed by atoms with van der Waals surface area (Å²) in [5.41, 5.74) is 8.29. The van der Waals surface area contributed by atoms with Crippen LogP contribution in [0.1, 0.15) is 39.8 Å². The molecule has 0 fully saturated rings. The Morgan fingerprint density at radius 3 is 1.93 bits per heavy atom. The molecule has 4 heteroatoms. The average Bonchev–Trinajstić information content (AvgIpc) is 3.63. The normalized spacial score (nSPS) is 18.4. The summed E-state index contributed by atoms with van der Waals surface area (Å²) in [5, 5.41) is 0. The van der Waals surface area contributed by atoms with Gasteiger partial charge in [-0.25, -0.2) is 15.0 Å². The monoisotopic (exact) mass is 565 g/mol. The molecule has 9 rings (SSSR count). The van der Waals surface area contributed by atoms with Crippen molar-refractivity contribution in [2.75, 3.05) is 0 Å². The highest BCUT2D eigenvalue weighted by molar-refractivity contribution is 5.86. The number of benzene rings is 5. The molecule has 0 radical (unpaired) electrons. The molecule has 3 aliphatic rings. The summed E-state index contributed by atoms with van der Waals surface area (Å²) in [4.78, 5) is 16.0. The number of fused-ring (bicyclic) bond motifs is 6. The first-order valence-corrected chi connectivity index (χ1v) is 15.0. The molecule has 4 nitrogen and oxygen atoms in total. The van der Waals surface area contributed by atoms with Crippen LogP contribution in [-0.2, 0) is 5.41 Å². The van der Waals surface area contributed by atoms with E-state index in [-0.39, 0.29) is 12.0 Å². The molecular weight excluding hydrogens is 538 g/mol. The lowest BCUT2D eigenvalue weighted by atomic mass is 9.71. The fourth-order valence-corrected chi connectivity index (χ4v) is 7.31. The summed E-state index contributed by atoms with van der Waals surface area (Å²) in [5.74, 6) is 2.94. The number of hydrogen-bond acceptors (Lipinski definition) is 4. The number of ether oxygens (including phenoxy) is 1. The Balaban J connectivity index is 1.36. The summed E-state index contributed by atoms with van der Waals surface area (Å²) in [6, 6.07) is 46.5. The number of para-hydroxylation sites is 1. The minimum Gasteiger partial charge on any atom is -0.485 e. The van der Waals surface area contributed by atoms with Crippen molar-refractivity contribution in [3.05, 3.63) is 186 Å². The molecule has 44 heavy (non-hydrogen) atoms. The van der Waals surface area contributed by atoms with Crippen LogP contribution >= 0.6 is 0 Å². The summed E-state index contributed by atoms with van der Waals surface area (Å²) >= 11 is 0. The SMILES string of the molecule is C1=CC2Oc3ccccc3C2C(c2nc(-c3ccccc3)nc(C3(c4ccccc4)c4ccccc4-c4ccccc43)n2)=C1. The zero-order chi connectivity index (χ0) is 29.1. The van der Waals surface area contributed by atoms with Crippen molar-refractivity contribution in [1.82, 2.24) is 15.0 Å². The van der Waals surface area contributed by atoms with Gasteiger partial charge in [0.15, 0.2) is 17.5 Å². The van der Waals surface area contributed by atoms with Gasteiger partial charge in [-0.1, -0.05) is 140 Å². The molecule has 1 aromatic heterocycles. The topological polar surface area (TPSA) is 47.9 Å².